The molecular formula is C22H17F3N2O3S2. The fourth-order valence-electron chi connectivity index (χ4n) is 2.75. The van der Waals surface area contributed by atoms with Crippen molar-refractivity contribution in [3.8, 4) is 5.75 Å². The van der Waals surface area contributed by atoms with E-state index in [0.29, 0.717) is 27.1 Å². The highest BCUT2D eigenvalue weighted by atomic mass is 32.2. The van der Waals surface area contributed by atoms with Gasteiger partial charge in [-0.15, -0.1) is 6.58 Å². The maximum absolute atomic E-state index is 12.8. The highest BCUT2D eigenvalue weighted by Crippen LogP contribution is 2.33. The topological polar surface area (TPSA) is 58.6 Å². The smallest absolute Gasteiger partial charge is 0.416 e. The van der Waals surface area contributed by atoms with E-state index in [9.17, 15) is 22.8 Å². The van der Waals surface area contributed by atoms with Crippen LogP contribution in [0.25, 0.3) is 6.08 Å². The van der Waals surface area contributed by atoms with Crippen molar-refractivity contribution in [1.29, 1.82) is 0 Å². The molecule has 2 amide bonds. The zero-order chi connectivity index (χ0) is 23.3. The van der Waals surface area contributed by atoms with Crippen molar-refractivity contribution < 1.29 is 27.5 Å². The molecule has 0 aromatic heterocycles. The molecule has 32 heavy (non-hydrogen) atoms. The molecule has 0 atom stereocenters. The fourth-order valence-corrected chi connectivity index (χ4v) is 4.03. The van der Waals surface area contributed by atoms with E-state index in [-0.39, 0.29) is 11.6 Å². The molecule has 5 nitrogen and oxygen atoms in total. The summed E-state index contributed by atoms with van der Waals surface area (Å²) >= 11 is 6.38. The molecule has 1 heterocycles. The SMILES string of the molecule is C=CCN1C(=O)/C(=C/c2cccc(OCC(=O)Nc3cccc(C(F)(F)F)c3)c2)SC1=S. The molecular weight excluding hydrogens is 461 g/mol. The average Bonchev–Trinajstić information content (AvgIpc) is 3.00. The van der Waals surface area contributed by atoms with Crippen molar-refractivity contribution in [2.24, 2.45) is 0 Å². The van der Waals surface area contributed by atoms with Gasteiger partial charge >= 0.3 is 6.18 Å². The van der Waals surface area contributed by atoms with E-state index in [1.54, 1.807) is 36.4 Å². The molecule has 10 heteroatoms. The van der Waals surface area contributed by atoms with Crippen molar-refractivity contribution in [3.05, 3.63) is 77.2 Å². The van der Waals surface area contributed by atoms with Gasteiger partial charge in [-0.25, -0.2) is 0 Å². The van der Waals surface area contributed by atoms with Gasteiger partial charge in [-0.05, 0) is 42.0 Å². The van der Waals surface area contributed by atoms with Gasteiger partial charge in [0.1, 0.15) is 10.1 Å². The Labute approximate surface area is 191 Å². The van der Waals surface area contributed by atoms with Gasteiger partial charge in [-0.3, -0.25) is 14.5 Å². The number of rotatable bonds is 7. The van der Waals surface area contributed by atoms with Crippen LogP contribution in [-0.2, 0) is 15.8 Å². The lowest BCUT2D eigenvalue weighted by molar-refractivity contribution is -0.137. The third-order valence-corrected chi connectivity index (χ3v) is 5.56. The van der Waals surface area contributed by atoms with E-state index >= 15 is 0 Å². The number of alkyl halides is 3. The van der Waals surface area contributed by atoms with Crippen LogP contribution in [-0.4, -0.2) is 34.2 Å². The quantitative estimate of drug-likeness (QED) is 0.341. The van der Waals surface area contributed by atoms with E-state index in [4.69, 9.17) is 17.0 Å². The molecule has 0 unspecified atom stereocenters. The molecule has 1 fully saturated rings. The Morgan fingerprint density at radius 3 is 2.69 bits per heavy atom. The number of hydrogen-bond donors (Lipinski definition) is 1. The first-order valence-corrected chi connectivity index (χ1v) is 10.5. The summed E-state index contributed by atoms with van der Waals surface area (Å²) in [6.07, 6.45) is -1.25. The summed E-state index contributed by atoms with van der Waals surface area (Å²) in [5, 5.41) is 2.37. The monoisotopic (exact) mass is 478 g/mol. The number of hydrogen-bond acceptors (Lipinski definition) is 5. The second-order valence-electron chi connectivity index (χ2n) is 6.57. The van der Waals surface area contributed by atoms with Crippen LogP contribution in [0.5, 0.6) is 5.75 Å². The van der Waals surface area contributed by atoms with Crippen LogP contribution in [0.15, 0.2) is 66.1 Å². The molecule has 1 aliphatic rings. The van der Waals surface area contributed by atoms with Crippen LogP contribution >= 0.6 is 24.0 Å². The molecule has 1 N–H and O–H groups in total. The summed E-state index contributed by atoms with van der Waals surface area (Å²) in [6.45, 7) is 3.53. The molecule has 0 spiro atoms. The zero-order valence-electron chi connectivity index (χ0n) is 16.5. The van der Waals surface area contributed by atoms with Gasteiger partial charge in [0.2, 0.25) is 0 Å². The number of thiocarbonyl (C=S) groups is 1. The van der Waals surface area contributed by atoms with Crippen molar-refractivity contribution >= 4 is 51.9 Å². The van der Waals surface area contributed by atoms with Crippen LogP contribution in [0.4, 0.5) is 18.9 Å². The molecule has 0 saturated carbocycles. The predicted molar refractivity (Wildman–Crippen MR) is 122 cm³/mol. The molecule has 0 aliphatic carbocycles. The predicted octanol–water partition coefficient (Wildman–Crippen LogP) is 5.11. The minimum absolute atomic E-state index is 0.0173. The van der Waals surface area contributed by atoms with E-state index in [1.807, 2.05) is 0 Å². The normalized spacial score (nSPS) is 15.2. The van der Waals surface area contributed by atoms with Crippen LogP contribution in [0.3, 0.4) is 0 Å². The standard InChI is InChI=1S/C22H17F3N2O3S2/c1-2-9-27-20(29)18(32-21(27)31)11-14-5-3-8-17(10-14)30-13-19(28)26-16-7-4-6-15(12-16)22(23,24)25/h2-8,10-12H,1,9,13H2,(H,26,28)/b18-11-. The molecule has 166 valence electrons. The van der Waals surface area contributed by atoms with Gasteiger partial charge in [0, 0.05) is 12.2 Å². The van der Waals surface area contributed by atoms with E-state index in [2.05, 4.69) is 11.9 Å². The molecule has 0 radical (unpaired) electrons. The summed E-state index contributed by atoms with van der Waals surface area (Å²) < 4.78 is 44.2. The lowest BCUT2D eigenvalue weighted by Gasteiger charge is -2.11. The Morgan fingerprint density at radius 1 is 1.22 bits per heavy atom. The summed E-state index contributed by atoms with van der Waals surface area (Å²) in [4.78, 5) is 26.4. The number of thioether (sulfide) groups is 1. The van der Waals surface area contributed by atoms with Gasteiger partial charge in [-0.2, -0.15) is 13.2 Å². The number of benzene rings is 2. The first kappa shape index (κ1) is 23.6. The fraction of sp³-hybridized carbons (Fsp3) is 0.136. The van der Waals surface area contributed by atoms with Gasteiger partial charge in [0.15, 0.2) is 6.61 Å². The van der Waals surface area contributed by atoms with Crippen LogP contribution < -0.4 is 10.1 Å². The summed E-state index contributed by atoms with van der Waals surface area (Å²) in [5.41, 5.74) is -0.175. The lowest BCUT2D eigenvalue weighted by Crippen LogP contribution is -2.27. The number of anilines is 1. The summed E-state index contributed by atoms with van der Waals surface area (Å²) in [7, 11) is 0. The van der Waals surface area contributed by atoms with Crippen LogP contribution in [0, 0.1) is 0 Å². The first-order chi connectivity index (χ1) is 15.2. The highest BCUT2D eigenvalue weighted by molar-refractivity contribution is 8.26. The Bertz CT molecular complexity index is 1100. The number of carbonyl (C=O) groups is 2. The number of nitrogens with zero attached hydrogens (tertiary/aromatic N) is 1. The largest absolute Gasteiger partial charge is 0.484 e. The third-order valence-electron chi connectivity index (χ3n) is 4.18. The second-order valence-corrected chi connectivity index (χ2v) is 8.24. The summed E-state index contributed by atoms with van der Waals surface area (Å²) in [6, 6.07) is 11.0. The third kappa shape index (κ3) is 5.98. The molecule has 0 bridgehead atoms. The Morgan fingerprint density at radius 2 is 1.97 bits per heavy atom. The van der Waals surface area contributed by atoms with Crippen LogP contribution in [0.2, 0.25) is 0 Å². The average molecular weight is 479 g/mol. The van der Waals surface area contributed by atoms with E-state index < -0.39 is 24.3 Å². The van der Waals surface area contributed by atoms with Crippen molar-refractivity contribution in [3.63, 3.8) is 0 Å². The molecule has 1 aliphatic heterocycles. The number of carbonyl (C=O) groups excluding carboxylic acids is 2. The molecule has 2 aromatic rings. The van der Waals surface area contributed by atoms with Gasteiger partial charge in [0.25, 0.3) is 11.8 Å². The molecule has 1 saturated heterocycles. The maximum Gasteiger partial charge on any atom is 0.416 e. The molecule has 2 aromatic carbocycles. The number of nitrogens with one attached hydrogen (secondary N) is 1. The summed E-state index contributed by atoms with van der Waals surface area (Å²) in [5.74, 6) is -0.466. The van der Waals surface area contributed by atoms with Gasteiger partial charge in [-0.1, -0.05) is 48.3 Å². The Hall–Kier alpha value is -3.11. The zero-order valence-corrected chi connectivity index (χ0v) is 18.2. The Kier molecular flexibility index (Phi) is 7.37. The maximum atomic E-state index is 12.8. The number of amides is 2. The first-order valence-electron chi connectivity index (χ1n) is 9.23. The van der Waals surface area contributed by atoms with Crippen LogP contribution in [0.1, 0.15) is 11.1 Å². The number of ether oxygens (including phenoxy) is 1. The highest BCUT2D eigenvalue weighted by Gasteiger charge is 2.31. The minimum atomic E-state index is -4.50. The van der Waals surface area contributed by atoms with Crippen molar-refractivity contribution in [1.82, 2.24) is 4.90 Å². The van der Waals surface area contributed by atoms with Crippen molar-refractivity contribution in [2.45, 2.75) is 6.18 Å². The van der Waals surface area contributed by atoms with Crippen molar-refractivity contribution in [2.75, 3.05) is 18.5 Å². The van der Waals surface area contributed by atoms with E-state index in [1.165, 1.54) is 28.8 Å². The number of halogens is 3. The van der Waals surface area contributed by atoms with Gasteiger partial charge in [0.05, 0.1) is 10.5 Å². The Balaban J connectivity index is 1.62. The second kappa shape index (κ2) is 10.0. The lowest BCUT2D eigenvalue weighted by atomic mass is 10.2. The molecule has 3 rings (SSSR count). The van der Waals surface area contributed by atoms with E-state index in [0.717, 1.165) is 12.1 Å². The minimum Gasteiger partial charge on any atom is -0.484 e. The van der Waals surface area contributed by atoms with Gasteiger partial charge < -0.3 is 10.1 Å².